The second kappa shape index (κ2) is 6.80. The summed E-state index contributed by atoms with van der Waals surface area (Å²) >= 11 is 0. The van der Waals surface area contributed by atoms with Crippen molar-refractivity contribution >= 4 is 11.4 Å². The van der Waals surface area contributed by atoms with E-state index in [0.717, 1.165) is 0 Å². The second-order valence-electron chi connectivity index (χ2n) is 3.85. The molecule has 0 aliphatic carbocycles. The Kier molecular flexibility index (Phi) is 5.38. The van der Waals surface area contributed by atoms with E-state index in [-0.39, 0.29) is 11.7 Å². The molecule has 1 aromatic carbocycles. The molecule has 6 heteroatoms. The van der Waals surface area contributed by atoms with E-state index in [0.29, 0.717) is 24.7 Å². The minimum Gasteiger partial charge on any atom is -0.497 e. The fourth-order valence-corrected chi connectivity index (χ4v) is 1.52. The lowest BCUT2D eigenvalue weighted by Gasteiger charge is -2.15. The van der Waals surface area contributed by atoms with Gasteiger partial charge in [0.05, 0.1) is 18.6 Å². The van der Waals surface area contributed by atoms with Crippen LogP contribution in [0, 0.1) is 10.1 Å². The summed E-state index contributed by atoms with van der Waals surface area (Å²) in [7, 11) is 1.52. The zero-order valence-corrected chi connectivity index (χ0v) is 10.8. The number of nitrogens with zero attached hydrogens (tertiary/aromatic N) is 1. The summed E-state index contributed by atoms with van der Waals surface area (Å²) in [5, 5.41) is 14.0. The Bertz CT molecular complexity index is 409. The van der Waals surface area contributed by atoms with Gasteiger partial charge in [0.15, 0.2) is 0 Å². The molecule has 0 aliphatic heterocycles. The Morgan fingerprint density at radius 3 is 2.78 bits per heavy atom. The van der Waals surface area contributed by atoms with Gasteiger partial charge in [0.2, 0.25) is 0 Å². The lowest BCUT2D eigenvalue weighted by atomic mass is 10.2. The number of hydrogen-bond donors (Lipinski definition) is 1. The van der Waals surface area contributed by atoms with Crippen LogP contribution in [-0.4, -0.2) is 31.3 Å². The molecular formula is C12H18N2O4. The van der Waals surface area contributed by atoms with Gasteiger partial charge in [-0.15, -0.1) is 0 Å². The summed E-state index contributed by atoms with van der Waals surface area (Å²) in [6.07, 6.45) is 0. The molecule has 1 N–H and O–H groups in total. The van der Waals surface area contributed by atoms with Crippen molar-refractivity contribution in [3.63, 3.8) is 0 Å². The second-order valence-corrected chi connectivity index (χ2v) is 3.85. The van der Waals surface area contributed by atoms with Crippen molar-refractivity contribution in [3.8, 4) is 5.75 Å². The largest absolute Gasteiger partial charge is 0.497 e. The zero-order chi connectivity index (χ0) is 13.5. The first-order chi connectivity index (χ1) is 8.58. The predicted molar refractivity (Wildman–Crippen MR) is 69.2 cm³/mol. The molecule has 1 rings (SSSR count). The van der Waals surface area contributed by atoms with Gasteiger partial charge < -0.3 is 14.8 Å². The number of rotatable bonds is 7. The van der Waals surface area contributed by atoms with Crippen LogP contribution in [-0.2, 0) is 4.74 Å². The molecule has 0 aromatic heterocycles. The van der Waals surface area contributed by atoms with E-state index in [1.54, 1.807) is 12.1 Å². The van der Waals surface area contributed by atoms with Gasteiger partial charge in [0, 0.05) is 24.8 Å². The number of anilines is 1. The van der Waals surface area contributed by atoms with Gasteiger partial charge in [-0.1, -0.05) is 0 Å². The minimum absolute atomic E-state index is 0.0178. The van der Waals surface area contributed by atoms with E-state index in [2.05, 4.69) is 5.32 Å². The van der Waals surface area contributed by atoms with Crippen LogP contribution >= 0.6 is 0 Å². The summed E-state index contributed by atoms with van der Waals surface area (Å²) in [4.78, 5) is 10.5. The van der Waals surface area contributed by atoms with Crippen molar-refractivity contribution < 1.29 is 14.4 Å². The van der Waals surface area contributed by atoms with Gasteiger partial charge in [0.25, 0.3) is 5.69 Å². The SMILES string of the molecule is CCOCC(C)Nc1cc(OC)ccc1[N+](=O)[O-]. The van der Waals surface area contributed by atoms with Crippen molar-refractivity contribution in [1.29, 1.82) is 0 Å². The highest BCUT2D eigenvalue weighted by molar-refractivity contribution is 5.64. The number of nitro groups is 1. The van der Waals surface area contributed by atoms with E-state index in [1.807, 2.05) is 13.8 Å². The average molecular weight is 254 g/mol. The molecule has 0 fully saturated rings. The van der Waals surface area contributed by atoms with E-state index in [4.69, 9.17) is 9.47 Å². The van der Waals surface area contributed by atoms with Crippen LogP contribution in [0.25, 0.3) is 0 Å². The fraction of sp³-hybridized carbons (Fsp3) is 0.500. The monoisotopic (exact) mass is 254 g/mol. The van der Waals surface area contributed by atoms with Gasteiger partial charge >= 0.3 is 0 Å². The van der Waals surface area contributed by atoms with Crippen LogP contribution < -0.4 is 10.1 Å². The highest BCUT2D eigenvalue weighted by Crippen LogP contribution is 2.29. The molecule has 1 aromatic rings. The first kappa shape index (κ1) is 14.2. The zero-order valence-electron chi connectivity index (χ0n) is 10.8. The van der Waals surface area contributed by atoms with Gasteiger partial charge in [-0.25, -0.2) is 0 Å². The highest BCUT2D eigenvalue weighted by Gasteiger charge is 2.16. The molecule has 0 spiro atoms. The van der Waals surface area contributed by atoms with Crippen LogP contribution in [0.2, 0.25) is 0 Å². The minimum atomic E-state index is -0.421. The van der Waals surface area contributed by atoms with Gasteiger partial charge in [-0.2, -0.15) is 0 Å². The lowest BCUT2D eigenvalue weighted by Crippen LogP contribution is -2.22. The Morgan fingerprint density at radius 1 is 1.50 bits per heavy atom. The third-order valence-electron chi connectivity index (χ3n) is 2.37. The fourth-order valence-electron chi connectivity index (χ4n) is 1.52. The first-order valence-electron chi connectivity index (χ1n) is 5.75. The third kappa shape index (κ3) is 3.89. The highest BCUT2D eigenvalue weighted by atomic mass is 16.6. The smallest absolute Gasteiger partial charge is 0.292 e. The number of nitrogens with one attached hydrogen (secondary N) is 1. The summed E-state index contributed by atoms with van der Waals surface area (Å²) in [6.45, 7) is 4.91. The van der Waals surface area contributed by atoms with E-state index in [1.165, 1.54) is 13.2 Å². The van der Waals surface area contributed by atoms with Gasteiger partial charge in [0.1, 0.15) is 11.4 Å². The first-order valence-corrected chi connectivity index (χ1v) is 5.75. The number of ether oxygens (including phenoxy) is 2. The summed E-state index contributed by atoms with van der Waals surface area (Å²) in [5.74, 6) is 0.576. The molecule has 100 valence electrons. The number of methoxy groups -OCH3 is 1. The van der Waals surface area contributed by atoms with Crippen molar-refractivity contribution in [2.75, 3.05) is 25.6 Å². The molecule has 1 unspecified atom stereocenters. The predicted octanol–water partition coefficient (Wildman–Crippen LogP) is 2.44. The van der Waals surface area contributed by atoms with Crippen LogP contribution in [0.5, 0.6) is 5.75 Å². The molecular weight excluding hydrogens is 236 g/mol. The molecule has 18 heavy (non-hydrogen) atoms. The summed E-state index contributed by atoms with van der Waals surface area (Å²) < 4.78 is 10.3. The third-order valence-corrected chi connectivity index (χ3v) is 2.37. The Hall–Kier alpha value is -1.82. The maximum Gasteiger partial charge on any atom is 0.292 e. The molecule has 0 radical (unpaired) electrons. The van der Waals surface area contributed by atoms with Crippen molar-refractivity contribution in [3.05, 3.63) is 28.3 Å². The average Bonchev–Trinajstić information content (AvgIpc) is 2.35. The number of hydrogen-bond acceptors (Lipinski definition) is 5. The van der Waals surface area contributed by atoms with Crippen LogP contribution in [0.4, 0.5) is 11.4 Å². The van der Waals surface area contributed by atoms with Gasteiger partial charge in [-0.3, -0.25) is 10.1 Å². The molecule has 0 bridgehead atoms. The Balaban J connectivity index is 2.86. The van der Waals surface area contributed by atoms with E-state index < -0.39 is 4.92 Å². The van der Waals surface area contributed by atoms with Gasteiger partial charge in [-0.05, 0) is 19.9 Å². The van der Waals surface area contributed by atoms with Crippen LogP contribution in [0.1, 0.15) is 13.8 Å². The number of benzene rings is 1. The normalized spacial score (nSPS) is 11.9. The molecule has 0 heterocycles. The van der Waals surface area contributed by atoms with E-state index in [9.17, 15) is 10.1 Å². The summed E-state index contributed by atoms with van der Waals surface area (Å²) in [6, 6.07) is 4.59. The number of nitro benzene ring substituents is 1. The van der Waals surface area contributed by atoms with Crippen molar-refractivity contribution in [2.45, 2.75) is 19.9 Å². The van der Waals surface area contributed by atoms with E-state index >= 15 is 0 Å². The van der Waals surface area contributed by atoms with Crippen molar-refractivity contribution in [1.82, 2.24) is 0 Å². The summed E-state index contributed by atoms with van der Waals surface area (Å²) in [5.41, 5.74) is 0.464. The Labute approximate surface area is 106 Å². The topological polar surface area (TPSA) is 73.6 Å². The lowest BCUT2D eigenvalue weighted by molar-refractivity contribution is -0.384. The Morgan fingerprint density at radius 2 is 2.22 bits per heavy atom. The van der Waals surface area contributed by atoms with Crippen LogP contribution in [0.3, 0.4) is 0 Å². The molecule has 0 saturated carbocycles. The maximum absolute atomic E-state index is 10.9. The van der Waals surface area contributed by atoms with Crippen molar-refractivity contribution in [2.24, 2.45) is 0 Å². The molecule has 1 atom stereocenters. The maximum atomic E-state index is 10.9. The molecule has 0 amide bonds. The quantitative estimate of drug-likeness (QED) is 0.597. The molecule has 6 nitrogen and oxygen atoms in total. The molecule has 0 aliphatic rings. The standard InChI is InChI=1S/C12H18N2O4/c1-4-18-8-9(2)13-11-7-10(17-3)5-6-12(11)14(15)16/h5-7,9,13H,4,8H2,1-3H3. The molecule has 0 saturated heterocycles. The van der Waals surface area contributed by atoms with Crippen LogP contribution in [0.15, 0.2) is 18.2 Å².